The van der Waals surface area contributed by atoms with E-state index in [-0.39, 0.29) is 11.7 Å². The van der Waals surface area contributed by atoms with E-state index >= 15 is 0 Å². The van der Waals surface area contributed by atoms with Crippen molar-refractivity contribution in [2.45, 2.75) is 19.8 Å². The van der Waals surface area contributed by atoms with Gasteiger partial charge in [0.25, 0.3) is 0 Å². The predicted octanol–water partition coefficient (Wildman–Crippen LogP) is 5.39. The zero-order valence-corrected chi connectivity index (χ0v) is 14.8. The number of carbonyl (C=O) groups is 1. The van der Waals surface area contributed by atoms with E-state index in [0.717, 1.165) is 16.9 Å². The second kappa shape index (κ2) is 7.35. The van der Waals surface area contributed by atoms with Crippen molar-refractivity contribution in [1.29, 1.82) is 0 Å². The molecular formula is C23H22O2. The standard InChI is InChI=1S/C23H22O2/c1-16-6-4-7-20(14-16)23(21-8-5-9-22(15-21)25-3)19-12-10-18(11-13-19)17(2)24/h4-15,23H,1-3H3/t23-/m0/s1. The number of rotatable bonds is 5. The van der Waals surface area contributed by atoms with E-state index in [1.165, 1.54) is 16.7 Å². The Labute approximate surface area is 149 Å². The third kappa shape index (κ3) is 3.80. The van der Waals surface area contributed by atoms with E-state index in [0.29, 0.717) is 0 Å². The van der Waals surface area contributed by atoms with Crippen LogP contribution in [-0.4, -0.2) is 12.9 Å². The monoisotopic (exact) mass is 330 g/mol. The van der Waals surface area contributed by atoms with Gasteiger partial charge in [0.2, 0.25) is 0 Å². The Hall–Kier alpha value is -2.87. The molecule has 126 valence electrons. The van der Waals surface area contributed by atoms with Crippen LogP contribution in [0.15, 0.2) is 72.8 Å². The third-order valence-corrected chi connectivity index (χ3v) is 4.45. The Morgan fingerprint density at radius 3 is 2.08 bits per heavy atom. The van der Waals surface area contributed by atoms with E-state index in [4.69, 9.17) is 4.74 Å². The first-order chi connectivity index (χ1) is 12.1. The fourth-order valence-electron chi connectivity index (χ4n) is 3.16. The minimum absolute atomic E-state index is 0.0834. The molecule has 0 heterocycles. The number of aryl methyl sites for hydroxylation is 1. The fourth-order valence-corrected chi connectivity index (χ4v) is 3.16. The Balaban J connectivity index is 2.12. The van der Waals surface area contributed by atoms with Gasteiger partial charge in [0, 0.05) is 11.5 Å². The number of hydrogen-bond donors (Lipinski definition) is 0. The molecular weight excluding hydrogens is 308 g/mol. The first kappa shape index (κ1) is 17.0. The zero-order chi connectivity index (χ0) is 17.8. The largest absolute Gasteiger partial charge is 0.497 e. The molecule has 3 aromatic rings. The average Bonchev–Trinajstić information content (AvgIpc) is 2.63. The molecule has 0 bridgehead atoms. The van der Waals surface area contributed by atoms with E-state index in [1.54, 1.807) is 14.0 Å². The summed E-state index contributed by atoms with van der Waals surface area (Å²) in [7, 11) is 1.68. The van der Waals surface area contributed by atoms with Crippen molar-refractivity contribution in [2.24, 2.45) is 0 Å². The maximum Gasteiger partial charge on any atom is 0.159 e. The molecule has 3 aromatic carbocycles. The maximum absolute atomic E-state index is 11.6. The Morgan fingerprint density at radius 1 is 0.840 bits per heavy atom. The Kier molecular flexibility index (Phi) is 4.99. The van der Waals surface area contributed by atoms with Crippen LogP contribution in [0.25, 0.3) is 0 Å². The molecule has 0 spiro atoms. The van der Waals surface area contributed by atoms with Gasteiger partial charge in [-0.25, -0.2) is 0 Å². The minimum Gasteiger partial charge on any atom is -0.497 e. The SMILES string of the molecule is COc1cccc([C@@H](c2ccc(C(C)=O)cc2)c2cccc(C)c2)c1. The van der Waals surface area contributed by atoms with Crippen molar-refractivity contribution in [2.75, 3.05) is 7.11 Å². The number of ether oxygens (including phenoxy) is 1. The molecule has 2 heteroatoms. The van der Waals surface area contributed by atoms with Gasteiger partial charge < -0.3 is 4.74 Å². The van der Waals surface area contributed by atoms with E-state index in [9.17, 15) is 4.79 Å². The summed E-state index contributed by atoms with van der Waals surface area (Å²) in [6, 6.07) is 24.6. The predicted molar refractivity (Wildman–Crippen MR) is 102 cm³/mol. The summed E-state index contributed by atoms with van der Waals surface area (Å²) in [5.41, 5.74) is 5.51. The number of benzene rings is 3. The fraction of sp³-hybridized carbons (Fsp3) is 0.174. The number of ketones is 1. The highest BCUT2D eigenvalue weighted by atomic mass is 16.5. The minimum atomic E-state index is 0.0834. The molecule has 0 N–H and O–H groups in total. The molecule has 0 aliphatic heterocycles. The lowest BCUT2D eigenvalue weighted by Crippen LogP contribution is -2.05. The molecule has 0 amide bonds. The Bertz CT molecular complexity index is 879. The van der Waals surface area contributed by atoms with Crippen molar-refractivity contribution in [1.82, 2.24) is 0 Å². The highest BCUT2D eigenvalue weighted by Gasteiger charge is 2.18. The van der Waals surface area contributed by atoms with E-state index < -0.39 is 0 Å². The van der Waals surface area contributed by atoms with Crippen molar-refractivity contribution in [3.63, 3.8) is 0 Å². The molecule has 0 aliphatic rings. The van der Waals surface area contributed by atoms with Gasteiger partial charge in [-0.1, -0.05) is 66.2 Å². The first-order valence-electron chi connectivity index (χ1n) is 8.40. The highest BCUT2D eigenvalue weighted by Crippen LogP contribution is 2.34. The number of hydrogen-bond acceptors (Lipinski definition) is 2. The van der Waals surface area contributed by atoms with Crippen LogP contribution in [0.5, 0.6) is 5.75 Å². The van der Waals surface area contributed by atoms with Gasteiger partial charge in [-0.15, -0.1) is 0 Å². The normalized spacial score (nSPS) is 11.8. The van der Waals surface area contributed by atoms with Gasteiger partial charge in [0.15, 0.2) is 5.78 Å². The van der Waals surface area contributed by atoms with Crippen LogP contribution in [0, 0.1) is 6.92 Å². The summed E-state index contributed by atoms with van der Waals surface area (Å²) in [6.45, 7) is 3.69. The van der Waals surface area contributed by atoms with Crippen LogP contribution in [0.2, 0.25) is 0 Å². The van der Waals surface area contributed by atoms with Crippen LogP contribution in [0.4, 0.5) is 0 Å². The second-order valence-corrected chi connectivity index (χ2v) is 6.30. The topological polar surface area (TPSA) is 26.3 Å². The van der Waals surface area contributed by atoms with E-state index in [2.05, 4.69) is 43.3 Å². The molecule has 25 heavy (non-hydrogen) atoms. The lowest BCUT2D eigenvalue weighted by molar-refractivity contribution is 0.101. The van der Waals surface area contributed by atoms with Crippen LogP contribution >= 0.6 is 0 Å². The third-order valence-electron chi connectivity index (χ3n) is 4.45. The molecule has 2 nitrogen and oxygen atoms in total. The van der Waals surface area contributed by atoms with Gasteiger partial charge in [-0.3, -0.25) is 4.79 Å². The summed E-state index contributed by atoms with van der Waals surface area (Å²) in [4.78, 5) is 11.6. The number of carbonyl (C=O) groups excluding carboxylic acids is 1. The summed E-state index contributed by atoms with van der Waals surface area (Å²) in [5.74, 6) is 1.02. The summed E-state index contributed by atoms with van der Waals surface area (Å²) in [5, 5.41) is 0. The van der Waals surface area contributed by atoms with Crippen LogP contribution < -0.4 is 4.74 Å². The molecule has 3 rings (SSSR count). The van der Waals surface area contributed by atoms with Gasteiger partial charge in [-0.2, -0.15) is 0 Å². The van der Waals surface area contributed by atoms with Crippen LogP contribution in [-0.2, 0) is 0 Å². The van der Waals surface area contributed by atoms with E-state index in [1.807, 2.05) is 36.4 Å². The zero-order valence-electron chi connectivity index (χ0n) is 14.8. The van der Waals surface area contributed by atoms with Gasteiger partial charge in [0.1, 0.15) is 5.75 Å². The van der Waals surface area contributed by atoms with Gasteiger partial charge in [0.05, 0.1) is 7.11 Å². The molecule has 0 aliphatic carbocycles. The van der Waals surface area contributed by atoms with Gasteiger partial charge >= 0.3 is 0 Å². The Morgan fingerprint density at radius 2 is 1.48 bits per heavy atom. The quantitative estimate of drug-likeness (QED) is 0.463. The molecule has 0 radical (unpaired) electrons. The first-order valence-corrected chi connectivity index (χ1v) is 8.40. The van der Waals surface area contributed by atoms with Crippen LogP contribution in [0.3, 0.4) is 0 Å². The average molecular weight is 330 g/mol. The summed E-state index contributed by atoms with van der Waals surface area (Å²) < 4.78 is 5.41. The lowest BCUT2D eigenvalue weighted by atomic mass is 9.84. The molecule has 0 saturated heterocycles. The second-order valence-electron chi connectivity index (χ2n) is 6.30. The number of methoxy groups -OCH3 is 1. The molecule has 0 unspecified atom stereocenters. The maximum atomic E-state index is 11.6. The van der Waals surface area contributed by atoms with Crippen molar-refractivity contribution < 1.29 is 9.53 Å². The molecule has 0 fully saturated rings. The van der Waals surface area contributed by atoms with Crippen molar-refractivity contribution in [3.05, 3.63) is 101 Å². The van der Waals surface area contributed by atoms with Crippen molar-refractivity contribution in [3.8, 4) is 5.75 Å². The van der Waals surface area contributed by atoms with Crippen LogP contribution in [0.1, 0.15) is 45.5 Å². The molecule has 1 atom stereocenters. The lowest BCUT2D eigenvalue weighted by Gasteiger charge is -2.20. The smallest absolute Gasteiger partial charge is 0.159 e. The molecule has 0 aromatic heterocycles. The van der Waals surface area contributed by atoms with Gasteiger partial charge in [-0.05, 0) is 42.7 Å². The molecule has 0 saturated carbocycles. The highest BCUT2D eigenvalue weighted by molar-refractivity contribution is 5.94. The summed E-state index contributed by atoms with van der Waals surface area (Å²) in [6.07, 6.45) is 0. The summed E-state index contributed by atoms with van der Waals surface area (Å²) >= 11 is 0. The number of Topliss-reactive ketones (excluding diaryl/α,β-unsaturated/α-hetero) is 1. The van der Waals surface area contributed by atoms with Crippen molar-refractivity contribution >= 4 is 5.78 Å².